The highest BCUT2D eigenvalue weighted by molar-refractivity contribution is 5.90. The Morgan fingerprint density at radius 3 is 2.87 bits per heavy atom. The Morgan fingerprint density at radius 2 is 2.20 bits per heavy atom. The number of aryl methyl sites for hydroxylation is 2. The predicted molar refractivity (Wildman–Crippen MR) is 56.0 cm³/mol. The number of carbonyl (C=O) groups is 1. The van der Waals surface area contributed by atoms with Crippen LogP contribution in [0.5, 0.6) is 0 Å². The van der Waals surface area contributed by atoms with E-state index in [9.17, 15) is 4.79 Å². The van der Waals surface area contributed by atoms with E-state index >= 15 is 0 Å². The van der Waals surface area contributed by atoms with Crippen molar-refractivity contribution in [2.24, 2.45) is 0 Å². The molecule has 0 aliphatic rings. The van der Waals surface area contributed by atoms with E-state index in [-0.39, 0.29) is 5.97 Å². The van der Waals surface area contributed by atoms with Crippen molar-refractivity contribution in [3.63, 3.8) is 0 Å². The van der Waals surface area contributed by atoms with Gasteiger partial charge in [-0.1, -0.05) is 6.07 Å². The molecule has 0 amide bonds. The Morgan fingerprint density at radius 1 is 1.47 bits per heavy atom. The van der Waals surface area contributed by atoms with Crippen LogP contribution in [0.1, 0.15) is 21.7 Å². The summed E-state index contributed by atoms with van der Waals surface area (Å²) >= 11 is 0. The number of hydrogen-bond acceptors (Lipinski definition) is 3. The van der Waals surface area contributed by atoms with Gasteiger partial charge in [-0.05, 0) is 25.5 Å². The Balaban J connectivity index is 2.79. The van der Waals surface area contributed by atoms with Crippen LogP contribution < -0.4 is 0 Å². The number of rotatable bonds is 1. The van der Waals surface area contributed by atoms with E-state index in [0.717, 1.165) is 11.2 Å². The van der Waals surface area contributed by atoms with Crippen molar-refractivity contribution in [3.05, 3.63) is 35.3 Å². The first-order valence-electron chi connectivity index (χ1n) is 4.67. The van der Waals surface area contributed by atoms with Crippen molar-refractivity contribution in [2.75, 3.05) is 7.11 Å². The standard InChI is InChI=1S/C11H12N2O2/c1-7-5-4-6-13-9(11(14)15-3)8(2)12-10(7)13/h4-6H,1-3H3. The molecule has 0 aliphatic heterocycles. The summed E-state index contributed by atoms with van der Waals surface area (Å²) in [7, 11) is 1.37. The summed E-state index contributed by atoms with van der Waals surface area (Å²) in [6.45, 7) is 3.77. The summed E-state index contributed by atoms with van der Waals surface area (Å²) in [6.07, 6.45) is 1.81. The Kier molecular flexibility index (Phi) is 2.19. The number of hydrogen-bond donors (Lipinski definition) is 0. The molecule has 4 nitrogen and oxygen atoms in total. The summed E-state index contributed by atoms with van der Waals surface area (Å²) in [4.78, 5) is 15.9. The van der Waals surface area contributed by atoms with Crippen molar-refractivity contribution in [1.82, 2.24) is 9.38 Å². The summed E-state index contributed by atoms with van der Waals surface area (Å²) in [5.74, 6) is -0.356. The molecule has 0 radical (unpaired) electrons. The zero-order valence-electron chi connectivity index (χ0n) is 8.94. The van der Waals surface area contributed by atoms with Gasteiger partial charge in [0.25, 0.3) is 0 Å². The summed E-state index contributed by atoms with van der Waals surface area (Å²) in [5, 5.41) is 0. The van der Waals surface area contributed by atoms with Gasteiger partial charge in [-0.3, -0.25) is 4.40 Å². The highest BCUT2D eigenvalue weighted by Gasteiger charge is 2.17. The molecule has 0 aliphatic carbocycles. The quantitative estimate of drug-likeness (QED) is 0.664. The van der Waals surface area contributed by atoms with E-state index in [0.29, 0.717) is 11.4 Å². The minimum absolute atomic E-state index is 0.356. The third-order valence-electron chi connectivity index (χ3n) is 2.40. The second-order valence-electron chi connectivity index (χ2n) is 3.42. The third-order valence-corrected chi connectivity index (χ3v) is 2.40. The molecular formula is C11H12N2O2. The average molecular weight is 204 g/mol. The molecule has 15 heavy (non-hydrogen) atoms. The normalized spacial score (nSPS) is 10.6. The molecule has 0 N–H and O–H groups in total. The summed E-state index contributed by atoms with van der Waals surface area (Å²) in [5.41, 5.74) is 3.03. The number of pyridine rings is 1. The van der Waals surface area contributed by atoms with Crippen LogP contribution in [-0.2, 0) is 4.74 Å². The fourth-order valence-corrected chi connectivity index (χ4v) is 1.66. The lowest BCUT2D eigenvalue weighted by Crippen LogP contribution is -2.06. The van der Waals surface area contributed by atoms with E-state index in [1.807, 2.05) is 25.3 Å². The van der Waals surface area contributed by atoms with E-state index < -0.39 is 0 Å². The first-order valence-corrected chi connectivity index (χ1v) is 4.67. The molecule has 0 saturated carbocycles. The molecule has 4 heteroatoms. The second-order valence-corrected chi connectivity index (χ2v) is 3.42. The van der Waals surface area contributed by atoms with Crippen LogP contribution in [0.25, 0.3) is 5.65 Å². The van der Waals surface area contributed by atoms with E-state index in [4.69, 9.17) is 4.74 Å². The van der Waals surface area contributed by atoms with Gasteiger partial charge >= 0.3 is 5.97 Å². The molecule has 2 rings (SSSR count). The monoisotopic (exact) mass is 204 g/mol. The highest BCUT2D eigenvalue weighted by Crippen LogP contribution is 2.15. The number of carbonyl (C=O) groups excluding carboxylic acids is 1. The largest absolute Gasteiger partial charge is 0.464 e. The summed E-state index contributed by atoms with van der Waals surface area (Å²) < 4.78 is 6.48. The van der Waals surface area contributed by atoms with Crippen molar-refractivity contribution in [1.29, 1.82) is 0 Å². The molecular weight excluding hydrogens is 192 g/mol. The number of ether oxygens (including phenoxy) is 1. The molecule has 2 aromatic rings. The van der Waals surface area contributed by atoms with Crippen LogP contribution in [-0.4, -0.2) is 22.5 Å². The van der Waals surface area contributed by atoms with Crippen molar-refractivity contribution >= 4 is 11.6 Å². The van der Waals surface area contributed by atoms with Gasteiger partial charge in [0.1, 0.15) is 5.65 Å². The maximum absolute atomic E-state index is 11.5. The Hall–Kier alpha value is -1.84. The van der Waals surface area contributed by atoms with Gasteiger partial charge in [-0.2, -0.15) is 0 Å². The van der Waals surface area contributed by atoms with Crippen molar-refractivity contribution < 1.29 is 9.53 Å². The van der Waals surface area contributed by atoms with E-state index in [2.05, 4.69) is 4.98 Å². The van der Waals surface area contributed by atoms with Gasteiger partial charge in [-0.15, -0.1) is 0 Å². The third kappa shape index (κ3) is 1.38. The van der Waals surface area contributed by atoms with Crippen LogP contribution in [0.2, 0.25) is 0 Å². The molecule has 0 aromatic carbocycles. The second kappa shape index (κ2) is 3.38. The number of fused-ring (bicyclic) bond motifs is 1. The number of esters is 1. The smallest absolute Gasteiger partial charge is 0.356 e. The molecule has 0 fully saturated rings. The lowest BCUT2D eigenvalue weighted by Gasteiger charge is -2.01. The van der Waals surface area contributed by atoms with E-state index in [1.54, 1.807) is 11.3 Å². The molecule has 0 bridgehead atoms. The Labute approximate surface area is 87.5 Å². The number of nitrogens with zero attached hydrogens (tertiary/aromatic N) is 2. The maximum atomic E-state index is 11.5. The SMILES string of the molecule is COC(=O)c1c(C)nc2c(C)cccn12. The number of methoxy groups -OCH3 is 1. The topological polar surface area (TPSA) is 43.6 Å². The van der Waals surface area contributed by atoms with E-state index in [1.165, 1.54) is 7.11 Å². The molecule has 2 heterocycles. The first-order chi connectivity index (χ1) is 7.15. The number of imidazole rings is 1. The minimum Gasteiger partial charge on any atom is -0.464 e. The average Bonchev–Trinajstić information content (AvgIpc) is 2.55. The minimum atomic E-state index is -0.356. The van der Waals surface area contributed by atoms with Crippen LogP contribution >= 0.6 is 0 Å². The lowest BCUT2D eigenvalue weighted by atomic mass is 10.3. The summed E-state index contributed by atoms with van der Waals surface area (Å²) in [6, 6.07) is 3.85. The fourth-order valence-electron chi connectivity index (χ4n) is 1.66. The maximum Gasteiger partial charge on any atom is 0.356 e. The molecule has 0 saturated heterocycles. The van der Waals surface area contributed by atoms with Gasteiger partial charge < -0.3 is 4.74 Å². The van der Waals surface area contributed by atoms with Gasteiger partial charge in [0.2, 0.25) is 0 Å². The molecule has 0 unspecified atom stereocenters. The Bertz CT molecular complexity index is 529. The molecule has 2 aromatic heterocycles. The van der Waals surface area contributed by atoms with Crippen LogP contribution in [0.3, 0.4) is 0 Å². The number of aromatic nitrogens is 2. The van der Waals surface area contributed by atoms with Crippen LogP contribution in [0, 0.1) is 13.8 Å². The fraction of sp³-hybridized carbons (Fsp3) is 0.273. The van der Waals surface area contributed by atoms with Gasteiger partial charge in [0.15, 0.2) is 5.69 Å². The highest BCUT2D eigenvalue weighted by atomic mass is 16.5. The zero-order valence-corrected chi connectivity index (χ0v) is 8.94. The van der Waals surface area contributed by atoms with Crippen LogP contribution in [0.4, 0.5) is 0 Å². The van der Waals surface area contributed by atoms with Crippen molar-refractivity contribution in [2.45, 2.75) is 13.8 Å². The molecule has 0 spiro atoms. The zero-order chi connectivity index (χ0) is 11.0. The van der Waals surface area contributed by atoms with Crippen LogP contribution in [0.15, 0.2) is 18.3 Å². The molecule has 78 valence electrons. The van der Waals surface area contributed by atoms with Gasteiger partial charge in [0, 0.05) is 6.20 Å². The predicted octanol–water partition coefficient (Wildman–Crippen LogP) is 1.74. The van der Waals surface area contributed by atoms with Crippen molar-refractivity contribution in [3.8, 4) is 0 Å². The molecule has 0 atom stereocenters. The first kappa shape index (κ1) is 9.71. The lowest BCUT2D eigenvalue weighted by molar-refractivity contribution is 0.0592. The van der Waals surface area contributed by atoms with Gasteiger partial charge in [-0.25, -0.2) is 9.78 Å². The van der Waals surface area contributed by atoms with Gasteiger partial charge in [0.05, 0.1) is 12.8 Å².